The minimum atomic E-state index is 0.0219. The van der Waals surface area contributed by atoms with E-state index in [4.69, 9.17) is 4.74 Å². The fourth-order valence-corrected chi connectivity index (χ4v) is 3.08. The average Bonchev–Trinajstić information content (AvgIpc) is 2.68. The summed E-state index contributed by atoms with van der Waals surface area (Å²) in [4.78, 5) is 16.5. The minimum Gasteiger partial charge on any atom is -0.494 e. The van der Waals surface area contributed by atoms with Gasteiger partial charge in [-0.05, 0) is 43.2 Å². The lowest BCUT2D eigenvalue weighted by molar-refractivity contribution is 0.193. The second kappa shape index (κ2) is 9.13. The molecule has 2 aromatic rings. The molecule has 2 amide bonds. The molecule has 0 spiro atoms. The van der Waals surface area contributed by atoms with Crippen LogP contribution < -0.4 is 15.0 Å². The van der Waals surface area contributed by atoms with Crippen LogP contribution in [0.25, 0.3) is 0 Å². The predicted octanol–water partition coefficient (Wildman–Crippen LogP) is 3.30. The van der Waals surface area contributed by atoms with Crippen LogP contribution in [0.1, 0.15) is 12.0 Å². The Hall–Kier alpha value is -2.69. The lowest BCUT2D eigenvalue weighted by Gasteiger charge is -2.36. The first kappa shape index (κ1) is 18.1. The Bertz CT molecular complexity index is 697. The Morgan fingerprint density at radius 2 is 1.81 bits per heavy atom. The van der Waals surface area contributed by atoms with Gasteiger partial charge in [-0.25, -0.2) is 4.79 Å². The summed E-state index contributed by atoms with van der Waals surface area (Å²) in [6.07, 6.45) is 0.796. The number of aryl methyl sites for hydroxylation is 1. The van der Waals surface area contributed by atoms with Crippen molar-refractivity contribution in [2.24, 2.45) is 0 Å². The van der Waals surface area contributed by atoms with Gasteiger partial charge in [-0.15, -0.1) is 0 Å². The molecule has 0 saturated carbocycles. The van der Waals surface area contributed by atoms with Crippen LogP contribution in [0.4, 0.5) is 10.5 Å². The van der Waals surface area contributed by atoms with Gasteiger partial charge in [0, 0.05) is 38.4 Å². The molecule has 138 valence electrons. The molecule has 2 aromatic carbocycles. The minimum absolute atomic E-state index is 0.0219. The summed E-state index contributed by atoms with van der Waals surface area (Å²) in [7, 11) is 0. The molecule has 0 aliphatic carbocycles. The van der Waals surface area contributed by atoms with Crippen LogP contribution in [-0.2, 0) is 0 Å². The number of anilines is 1. The first-order valence-electron chi connectivity index (χ1n) is 9.24. The van der Waals surface area contributed by atoms with Gasteiger partial charge in [0.1, 0.15) is 5.75 Å². The maximum absolute atomic E-state index is 12.3. The molecular formula is C21H27N3O2. The van der Waals surface area contributed by atoms with E-state index < -0.39 is 0 Å². The van der Waals surface area contributed by atoms with Crippen molar-refractivity contribution in [3.63, 3.8) is 0 Å². The van der Waals surface area contributed by atoms with Gasteiger partial charge in [-0.2, -0.15) is 0 Å². The van der Waals surface area contributed by atoms with Crippen LogP contribution in [0, 0.1) is 6.92 Å². The largest absolute Gasteiger partial charge is 0.494 e. The monoisotopic (exact) mass is 353 g/mol. The highest BCUT2D eigenvalue weighted by atomic mass is 16.5. The number of urea groups is 1. The number of amides is 2. The van der Waals surface area contributed by atoms with Gasteiger partial charge in [0.25, 0.3) is 0 Å². The topological polar surface area (TPSA) is 44.8 Å². The molecule has 0 aromatic heterocycles. The highest BCUT2D eigenvalue weighted by Gasteiger charge is 2.20. The fourth-order valence-electron chi connectivity index (χ4n) is 3.08. The van der Waals surface area contributed by atoms with E-state index in [2.05, 4.69) is 41.4 Å². The zero-order valence-electron chi connectivity index (χ0n) is 15.4. The number of rotatable bonds is 6. The van der Waals surface area contributed by atoms with Crippen LogP contribution in [0.2, 0.25) is 0 Å². The van der Waals surface area contributed by atoms with E-state index in [1.807, 2.05) is 35.2 Å². The van der Waals surface area contributed by atoms with Crippen molar-refractivity contribution in [2.75, 3.05) is 44.2 Å². The first-order valence-corrected chi connectivity index (χ1v) is 9.24. The quantitative estimate of drug-likeness (QED) is 0.811. The second-order valence-corrected chi connectivity index (χ2v) is 6.56. The van der Waals surface area contributed by atoms with Crippen molar-refractivity contribution in [1.82, 2.24) is 10.2 Å². The summed E-state index contributed by atoms with van der Waals surface area (Å²) >= 11 is 0. The number of ether oxygens (including phenoxy) is 1. The second-order valence-electron chi connectivity index (χ2n) is 6.56. The summed E-state index contributed by atoms with van der Waals surface area (Å²) in [6, 6.07) is 18.3. The Morgan fingerprint density at radius 1 is 1.04 bits per heavy atom. The third kappa shape index (κ3) is 5.15. The number of piperazine rings is 1. The van der Waals surface area contributed by atoms with Gasteiger partial charge in [0.05, 0.1) is 6.61 Å². The smallest absolute Gasteiger partial charge is 0.317 e. The number of carbonyl (C=O) groups is 1. The lowest BCUT2D eigenvalue weighted by Crippen LogP contribution is -2.52. The summed E-state index contributed by atoms with van der Waals surface area (Å²) in [5.74, 6) is 0.867. The number of benzene rings is 2. The molecule has 5 nitrogen and oxygen atoms in total. The molecule has 1 aliphatic rings. The maximum atomic E-state index is 12.3. The Kier molecular flexibility index (Phi) is 6.36. The number of carbonyl (C=O) groups excluding carboxylic acids is 1. The molecule has 1 aliphatic heterocycles. The van der Waals surface area contributed by atoms with E-state index in [0.29, 0.717) is 13.2 Å². The molecule has 1 N–H and O–H groups in total. The van der Waals surface area contributed by atoms with Crippen LogP contribution in [0.15, 0.2) is 54.6 Å². The zero-order chi connectivity index (χ0) is 18.2. The third-order valence-electron chi connectivity index (χ3n) is 4.54. The fraction of sp³-hybridized carbons (Fsp3) is 0.381. The van der Waals surface area contributed by atoms with Crippen LogP contribution >= 0.6 is 0 Å². The van der Waals surface area contributed by atoms with Gasteiger partial charge >= 0.3 is 6.03 Å². The van der Waals surface area contributed by atoms with Crippen molar-refractivity contribution < 1.29 is 9.53 Å². The van der Waals surface area contributed by atoms with Gasteiger partial charge in [0.2, 0.25) is 0 Å². The van der Waals surface area contributed by atoms with E-state index >= 15 is 0 Å². The number of hydrogen-bond donors (Lipinski definition) is 1. The Morgan fingerprint density at radius 3 is 2.54 bits per heavy atom. The first-order chi connectivity index (χ1) is 12.7. The van der Waals surface area contributed by atoms with E-state index in [1.165, 1.54) is 11.3 Å². The zero-order valence-corrected chi connectivity index (χ0v) is 15.4. The van der Waals surface area contributed by atoms with Gasteiger partial charge in [-0.1, -0.05) is 30.3 Å². The maximum Gasteiger partial charge on any atom is 0.317 e. The molecule has 0 atom stereocenters. The summed E-state index contributed by atoms with van der Waals surface area (Å²) in [5.41, 5.74) is 2.50. The third-order valence-corrected chi connectivity index (χ3v) is 4.54. The normalized spacial score (nSPS) is 14.2. The van der Waals surface area contributed by atoms with Gasteiger partial charge in [0.15, 0.2) is 0 Å². The van der Waals surface area contributed by atoms with E-state index in [1.54, 1.807) is 0 Å². The van der Waals surface area contributed by atoms with Crippen LogP contribution in [-0.4, -0.2) is 50.3 Å². The Labute approximate surface area is 155 Å². The molecule has 1 heterocycles. The van der Waals surface area contributed by atoms with Gasteiger partial charge in [-0.3, -0.25) is 0 Å². The van der Waals surface area contributed by atoms with Gasteiger partial charge < -0.3 is 19.9 Å². The summed E-state index contributed by atoms with van der Waals surface area (Å²) < 4.78 is 5.63. The van der Waals surface area contributed by atoms with Crippen molar-refractivity contribution in [3.05, 3.63) is 60.2 Å². The molecule has 0 unspecified atom stereocenters. The number of hydrogen-bond acceptors (Lipinski definition) is 3. The summed E-state index contributed by atoms with van der Waals surface area (Å²) in [5, 5.41) is 2.99. The van der Waals surface area contributed by atoms with Crippen molar-refractivity contribution in [2.45, 2.75) is 13.3 Å². The van der Waals surface area contributed by atoms with Crippen molar-refractivity contribution in [3.8, 4) is 5.75 Å². The lowest BCUT2D eigenvalue weighted by atomic mass is 10.2. The van der Waals surface area contributed by atoms with Crippen LogP contribution in [0.5, 0.6) is 5.75 Å². The Balaban J connectivity index is 1.33. The average molecular weight is 353 g/mol. The van der Waals surface area contributed by atoms with E-state index in [-0.39, 0.29) is 6.03 Å². The number of nitrogens with one attached hydrogen (secondary N) is 1. The highest BCUT2D eigenvalue weighted by molar-refractivity contribution is 5.74. The molecule has 1 fully saturated rings. The molecule has 0 radical (unpaired) electrons. The molecular weight excluding hydrogens is 326 g/mol. The molecule has 5 heteroatoms. The molecule has 0 bridgehead atoms. The molecule has 26 heavy (non-hydrogen) atoms. The highest BCUT2D eigenvalue weighted by Crippen LogP contribution is 2.17. The molecule has 1 saturated heterocycles. The summed E-state index contributed by atoms with van der Waals surface area (Å²) in [6.45, 7) is 6.58. The van der Waals surface area contributed by atoms with E-state index in [0.717, 1.165) is 38.3 Å². The SMILES string of the molecule is Cc1cccc(N2CCN(C(=O)NCCCOc3ccccc3)CC2)c1. The van der Waals surface area contributed by atoms with Crippen LogP contribution in [0.3, 0.4) is 0 Å². The number of para-hydroxylation sites is 1. The van der Waals surface area contributed by atoms with E-state index in [9.17, 15) is 4.79 Å². The molecule has 3 rings (SSSR count). The predicted molar refractivity (Wildman–Crippen MR) is 105 cm³/mol. The standard InChI is InChI=1S/C21H27N3O2/c1-18-7-5-8-19(17-18)23-12-14-24(15-13-23)21(25)22-11-6-16-26-20-9-3-2-4-10-20/h2-5,7-10,17H,6,11-16H2,1H3,(H,22,25). The van der Waals surface area contributed by atoms with Crippen molar-refractivity contribution in [1.29, 1.82) is 0 Å². The van der Waals surface area contributed by atoms with Crippen molar-refractivity contribution >= 4 is 11.7 Å². The number of nitrogens with zero attached hydrogens (tertiary/aromatic N) is 2.